The number of amides is 1. The molecular weight excluding hydrogens is 290 g/mol. The van der Waals surface area contributed by atoms with Crippen molar-refractivity contribution in [3.8, 4) is 0 Å². The molecule has 1 unspecified atom stereocenters. The van der Waals surface area contributed by atoms with Crippen LogP contribution < -0.4 is 10.2 Å². The van der Waals surface area contributed by atoms with Crippen molar-refractivity contribution in [2.24, 2.45) is 0 Å². The molecule has 0 aromatic heterocycles. The van der Waals surface area contributed by atoms with Crippen LogP contribution >= 0.6 is 0 Å². The molecule has 5 nitrogen and oxygen atoms in total. The maximum absolute atomic E-state index is 12.1. The van der Waals surface area contributed by atoms with Gasteiger partial charge in [0.05, 0.1) is 13.2 Å². The van der Waals surface area contributed by atoms with Crippen LogP contribution in [0.5, 0.6) is 0 Å². The predicted molar refractivity (Wildman–Crippen MR) is 91.8 cm³/mol. The van der Waals surface area contributed by atoms with Crippen LogP contribution in [0, 0.1) is 0 Å². The lowest BCUT2D eigenvalue weighted by Crippen LogP contribution is -2.42. The average molecular weight is 317 g/mol. The number of ether oxygens (including phenoxy) is 1. The van der Waals surface area contributed by atoms with Crippen LogP contribution in [0.4, 0.5) is 5.69 Å². The number of carbonyl (C=O) groups excluding carboxylic acids is 1. The van der Waals surface area contributed by atoms with Crippen LogP contribution in [0.2, 0.25) is 0 Å². The maximum Gasteiger partial charge on any atom is 0.221 e. The van der Waals surface area contributed by atoms with Crippen molar-refractivity contribution < 1.29 is 9.53 Å². The second-order valence-electron chi connectivity index (χ2n) is 6.43. The van der Waals surface area contributed by atoms with E-state index in [0.717, 1.165) is 52.4 Å². The summed E-state index contributed by atoms with van der Waals surface area (Å²) in [6.45, 7) is 8.22. The van der Waals surface area contributed by atoms with Gasteiger partial charge in [0.1, 0.15) is 0 Å². The number of nitrogens with zero attached hydrogens (tertiary/aromatic N) is 2. The van der Waals surface area contributed by atoms with Crippen LogP contribution in [0.3, 0.4) is 0 Å². The molecule has 0 radical (unpaired) electrons. The summed E-state index contributed by atoms with van der Waals surface area (Å²) in [6.07, 6.45) is 1.64. The Morgan fingerprint density at radius 3 is 2.87 bits per heavy atom. The van der Waals surface area contributed by atoms with Gasteiger partial charge in [-0.1, -0.05) is 18.2 Å². The van der Waals surface area contributed by atoms with Gasteiger partial charge >= 0.3 is 0 Å². The molecule has 2 aliphatic rings. The Hall–Kier alpha value is -1.59. The molecule has 0 bridgehead atoms. The SMILES string of the molecule is CC1Cc2ccccc2N1CCC(=O)NCCN1CCOCC1. The average Bonchev–Trinajstić information content (AvgIpc) is 2.89. The van der Waals surface area contributed by atoms with Gasteiger partial charge in [0, 0.05) is 50.9 Å². The summed E-state index contributed by atoms with van der Waals surface area (Å²) in [7, 11) is 0. The third kappa shape index (κ3) is 4.24. The molecule has 1 fully saturated rings. The Kier molecular flexibility index (Phi) is 5.51. The largest absolute Gasteiger partial charge is 0.379 e. The molecule has 1 amide bonds. The van der Waals surface area contributed by atoms with E-state index in [4.69, 9.17) is 4.74 Å². The zero-order valence-electron chi connectivity index (χ0n) is 14.0. The summed E-state index contributed by atoms with van der Waals surface area (Å²) in [4.78, 5) is 16.8. The molecule has 5 heteroatoms. The Labute approximate surface area is 138 Å². The van der Waals surface area contributed by atoms with Crippen LogP contribution in [0.1, 0.15) is 18.9 Å². The Bertz CT molecular complexity index is 529. The first kappa shape index (κ1) is 16.3. The fourth-order valence-corrected chi connectivity index (χ4v) is 3.46. The van der Waals surface area contributed by atoms with Crippen LogP contribution in [0.25, 0.3) is 0 Å². The molecule has 3 rings (SSSR count). The predicted octanol–water partition coefficient (Wildman–Crippen LogP) is 1.28. The quantitative estimate of drug-likeness (QED) is 0.858. The molecule has 1 saturated heterocycles. The lowest BCUT2D eigenvalue weighted by Gasteiger charge is -2.27. The summed E-state index contributed by atoms with van der Waals surface area (Å²) in [5.41, 5.74) is 2.69. The van der Waals surface area contributed by atoms with E-state index in [1.807, 2.05) is 0 Å². The second-order valence-corrected chi connectivity index (χ2v) is 6.43. The van der Waals surface area contributed by atoms with Crippen LogP contribution in [0.15, 0.2) is 24.3 Å². The summed E-state index contributed by atoms with van der Waals surface area (Å²) in [5.74, 6) is 0.148. The Morgan fingerprint density at radius 2 is 2.04 bits per heavy atom. The fourth-order valence-electron chi connectivity index (χ4n) is 3.46. The van der Waals surface area contributed by atoms with Crippen molar-refractivity contribution in [3.05, 3.63) is 29.8 Å². The Balaban J connectivity index is 1.39. The number of benzene rings is 1. The number of carbonyl (C=O) groups is 1. The topological polar surface area (TPSA) is 44.8 Å². The number of hydrogen-bond acceptors (Lipinski definition) is 4. The first-order valence-corrected chi connectivity index (χ1v) is 8.65. The summed E-state index contributed by atoms with van der Waals surface area (Å²) < 4.78 is 5.33. The molecule has 2 aliphatic heterocycles. The van der Waals surface area contributed by atoms with Gasteiger partial charge in [-0.05, 0) is 25.0 Å². The van der Waals surface area contributed by atoms with E-state index in [2.05, 4.69) is 46.3 Å². The number of hydrogen-bond donors (Lipinski definition) is 1. The third-order valence-corrected chi connectivity index (χ3v) is 4.78. The normalized spacial score (nSPS) is 21.3. The molecule has 126 valence electrons. The lowest BCUT2D eigenvalue weighted by atomic mass is 10.1. The van der Waals surface area contributed by atoms with Crippen molar-refractivity contribution in [2.75, 3.05) is 50.8 Å². The monoisotopic (exact) mass is 317 g/mol. The van der Waals surface area contributed by atoms with E-state index in [1.54, 1.807) is 0 Å². The van der Waals surface area contributed by atoms with Crippen molar-refractivity contribution >= 4 is 11.6 Å². The van der Waals surface area contributed by atoms with Crippen molar-refractivity contribution in [3.63, 3.8) is 0 Å². The highest BCUT2D eigenvalue weighted by Crippen LogP contribution is 2.31. The first-order valence-electron chi connectivity index (χ1n) is 8.65. The second kappa shape index (κ2) is 7.79. The third-order valence-electron chi connectivity index (χ3n) is 4.78. The number of nitrogens with one attached hydrogen (secondary N) is 1. The van der Waals surface area contributed by atoms with E-state index in [9.17, 15) is 4.79 Å². The zero-order valence-corrected chi connectivity index (χ0v) is 14.0. The van der Waals surface area contributed by atoms with Gasteiger partial charge in [0.15, 0.2) is 0 Å². The van der Waals surface area contributed by atoms with Gasteiger partial charge in [-0.3, -0.25) is 9.69 Å². The van der Waals surface area contributed by atoms with Crippen molar-refractivity contribution in [1.29, 1.82) is 0 Å². The lowest BCUT2D eigenvalue weighted by molar-refractivity contribution is -0.121. The minimum absolute atomic E-state index is 0.148. The highest BCUT2D eigenvalue weighted by atomic mass is 16.5. The first-order chi connectivity index (χ1) is 11.2. The maximum atomic E-state index is 12.1. The highest BCUT2D eigenvalue weighted by Gasteiger charge is 2.25. The minimum atomic E-state index is 0.148. The van der Waals surface area contributed by atoms with E-state index >= 15 is 0 Å². The molecule has 1 aromatic carbocycles. The van der Waals surface area contributed by atoms with E-state index in [1.165, 1.54) is 11.3 Å². The van der Waals surface area contributed by atoms with Gasteiger partial charge in [-0.15, -0.1) is 0 Å². The molecule has 1 atom stereocenters. The number of morpholine rings is 1. The summed E-state index contributed by atoms with van der Waals surface area (Å²) >= 11 is 0. The molecule has 0 aliphatic carbocycles. The molecular formula is C18H27N3O2. The van der Waals surface area contributed by atoms with E-state index in [0.29, 0.717) is 12.5 Å². The smallest absolute Gasteiger partial charge is 0.221 e. The number of para-hydroxylation sites is 1. The van der Waals surface area contributed by atoms with Gasteiger partial charge in [0.2, 0.25) is 5.91 Å². The van der Waals surface area contributed by atoms with Crippen LogP contribution in [-0.2, 0) is 16.0 Å². The van der Waals surface area contributed by atoms with Gasteiger partial charge in [-0.2, -0.15) is 0 Å². The molecule has 23 heavy (non-hydrogen) atoms. The zero-order chi connectivity index (χ0) is 16.1. The van der Waals surface area contributed by atoms with Gasteiger partial charge < -0.3 is 15.0 Å². The van der Waals surface area contributed by atoms with Gasteiger partial charge in [-0.25, -0.2) is 0 Å². The van der Waals surface area contributed by atoms with Gasteiger partial charge in [0.25, 0.3) is 0 Å². The standard InChI is InChI=1S/C18H27N3O2/c1-15-14-16-4-2-3-5-17(16)21(15)8-6-18(22)19-7-9-20-10-12-23-13-11-20/h2-5,15H,6-14H2,1H3,(H,19,22). The Morgan fingerprint density at radius 1 is 1.26 bits per heavy atom. The summed E-state index contributed by atoms with van der Waals surface area (Å²) in [5, 5.41) is 3.04. The molecule has 0 saturated carbocycles. The van der Waals surface area contributed by atoms with Crippen LogP contribution in [-0.4, -0.2) is 62.8 Å². The minimum Gasteiger partial charge on any atom is -0.379 e. The molecule has 1 aromatic rings. The molecule has 1 N–H and O–H groups in total. The summed E-state index contributed by atoms with van der Waals surface area (Å²) in [6, 6.07) is 9.00. The van der Waals surface area contributed by atoms with Crippen molar-refractivity contribution in [2.45, 2.75) is 25.8 Å². The number of anilines is 1. The van der Waals surface area contributed by atoms with E-state index in [-0.39, 0.29) is 5.91 Å². The number of rotatable bonds is 6. The van der Waals surface area contributed by atoms with Crippen molar-refractivity contribution in [1.82, 2.24) is 10.2 Å². The van der Waals surface area contributed by atoms with E-state index < -0.39 is 0 Å². The highest BCUT2D eigenvalue weighted by molar-refractivity contribution is 5.76. The molecule has 2 heterocycles. The fraction of sp³-hybridized carbons (Fsp3) is 0.611. The number of fused-ring (bicyclic) bond motifs is 1. The molecule has 0 spiro atoms.